The molecule has 3 nitrogen and oxygen atoms in total. The van der Waals surface area contributed by atoms with Crippen molar-refractivity contribution in [2.45, 2.75) is 71.9 Å². The number of nitrogens with zero attached hydrogens (tertiary/aromatic N) is 2. The maximum Gasteiger partial charge on any atom is 0.0848 e. The average Bonchev–Trinajstić information content (AvgIpc) is 2.75. The monoisotopic (exact) mass is 298 g/mol. The van der Waals surface area contributed by atoms with E-state index in [1.54, 1.807) is 0 Å². The van der Waals surface area contributed by atoms with Gasteiger partial charge in [0.15, 0.2) is 0 Å². The van der Waals surface area contributed by atoms with Crippen LogP contribution in [0.4, 0.5) is 0 Å². The summed E-state index contributed by atoms with van der Waals surface area (Å²) in [4.78, 5) is 0. The lowest BCUT2D eigenvalue weighted by Gasteiger charge is -2.31. The molecule has 1 saturated carbocycles. The van der Waals surface area contributed by atoms with Gasteiger partial charge in [0.25, 0.3) is 0 Å². The van der Waals surface area contributed by atoms with Crippen LogP contribution in [-0.4, -0.2) is 21.0 Å². The molecule has 0 bridgehead atoms. The highest BCUT2D eigenvalue weighted by molar-refractivity contribution is 6.31. The molecule has 3 unspecified atom stereocenters. The summed E-state index contributed by atoms with van der Waals surface area (Å²) in [5.41, 5.74) is 1.86. The van der Waals surface area contributed by atoms with Gasteiger partial charge in [-0.15, -0.1) is 0 Å². The zero-order valence-corrected chi connectivity index (χ0v) is 13.7. The lowest BCUT2D eigenvalue weighted by atomic mass is 9.77. The maximum atomic E-state index is 10.6. The van der Waals surface area contributed by atoms with Gasteiger partial charge < -0.3 is 5.11 Å². The number of halogens is 1. The van der Waals surface area contributed by atoms with Crippen molar-refractivity contribution >= 4 is 11.6 Å². The Morgan fingerprint density at radius 3 is 2.80 bits per heavy atom. The molecule has 1 heterocycles. The van der Waals surface area contributed by atoms with Crippen LogP contribution in [0.5, 0.6) is 0 Å². The van der Waals surface area contributed by atoms with Crippen molar-refractivity contribution in [2.24, 2.45) is 11.8 Å². The van der Waals surface area contributed by atoms with Gasteiger partial charge in [-0.2, -0.15) is 5.10 Å². The van der Waals surface area contributed by atoms with E-state index in [4.69, 9.17) is 11.6 Å². The molecule has 1 fully saturated rings. The third kappa shape index (κ3) is 3.37. The molecule has 0 spiro atoms. The minimum Gasteiger partial charge on any atom is -0.392 e. The molecular formula is C16H27ClN2O. The average molecular weight is 299 g/mol. The Hall–Kier alpha value is -0.540. The number of aromatic nitrogens is 2. The predicted molar refractivity (Wildman–Crippen MR) is 83.1 cm³/mol. The molecule has 4 heteroatoms. The minimum atomic E-state index is -0.289. The maximum absolute atomic E-state index is 10.6. The SMILES string of the molecule is CCC1CCCC(C(O)Cc2c(Cl)c(C)nn2CC)C1. The second-order valence-electron chi connectivity index (χ2n) is 6.13. The van der Waals surface area contributed by atoms with Crippen molar-refractivity contribution in [3.8, 4) is 0 Å². The molecule has 0 amide bonds. The molecule has 1 aliphatic carbocycles. The summed E-state index contributed by atoms with van der Waals surface area (Å²) < 4.78 is 1.93. The Morgan fingerprint density at radius 1 is 1.40 bits per heavy atom. The summed E-state index contributed by atoms with van der Waals surface area (Å²) in [5.74, 6) is 1.21. The van der Waals surface area contributed by atoms with Crippen LogP contribution in [-0.2, 0) is 13.0 Å². The predicted octanol–water partition coefficient (Wildman–Crippen LogP) is 3.98. The summed E-state index contributed by atoms with van der Waals surface area (Å²) >= 11 is 6.34. The van der Waals surface area contributed by atoms with E-state index < -0.39 is 0 Å². The van der Waals surface area contributed by atoms with Gasteiger partial charge in [0.05, 0.1) is 22.5 Å². The lowest BCUT2D eigenvalue weighted by molar-refractivity contribution is 0.0669. The molecule has 1 aromatic rings. The molecule has 0 radical (unpaired) electrons. The van der Waals surface area contributed by atoms with E-state index in [9.17, 15) is 5.11 Å². The summed E-state index contributed by atoms with van der Waals surface area (Å²) in [5, 5.41) is 15.8. The second-order valence-corrected chi connectivity index (χ2v) is 6.51. The molecule has 0 aromatic carbocycles. The van der Waals surface area contributed by atoms with Gasteiger partial charge in [0.1, 0.15) is 0 Å². The van der Waals surface area contributed by atoms with E-state index in [1.165, 1.54) is 19.3 Å². The Balaban J connectivity index is 2.05. The minimum absolute atomic E-state index is 0.289. The fourth-order valence-corrected chi connectivity index (χ4v) is 3.69. The van der Waals surface area contributed by atoms with Crippen LogP contribution in [0, 0.1) is 18.8 Å². The van der Waals surface area contributed by atoms with Crippen LogP contribution in [0.25, 0.3) is 0 Å². The largest absolute Gasteiger partial charge is 0.392 e. The van der Waals surface area contributed by atoms with Crippen molar-refractivity contribution in [2.75, 3.05) is 0 Å². The molecule has 1 N–H and O–H groups in total. The lowest BCUT2D eigenvalue weighted by Crippen LogP contribution is -2.29. The zero-order valence-electron chi connectivity index (χ0n) is 12.9. The number of rotatable bonds is 5. The van der Waals surface area contributed by atoms with Gasteiger partial charge in [-0.1, -0.05) is 37.8 Å². The van der Waals surface area contributed by atoms with Crippen molar-refractivity contribution in [3.05, 3.63) is 16.4 Å². The van der Waals surface area contributed by atoms with Crippen molar-refractivity contribution in [1.29, 1.82) is 0 Å². The fraction of sp³-hybridized carbons (Fsp3) is 0.812. The number of aliphatic hydroxyl groups excluding tert-OH is 1. The van der Waals surface area contributed by atoms with Crippen LogP contribution in [0.1, 0.15) is 57.3 Å². The molecule has 1 aromatic heterocycles. The second kappa shape index (κ2) is 6.95. The Labute approximate surface area is 127 Å². The third-order valence-corrected chi connectivity index (χ3v) is 5.29. The van der Waals surface area contributed by atoms with E-state index >= 15 is 0 Å². The first-order valence-corrected chi connectivity index (χ1v) is 8.34. The Kier molecular flexibility index (Phi) is 5.50. The molecule has 2 rings (SSSR count). The highest BCUT2D eigenvalue weighted by Gasteiger charge is 2.28. The van der Waals surface area contributed by atoms with Crippen molar-refractivity contribution in [1.82, 2.24) is 9.78 Å². The van der Waals surface area contributed by atoms with E-state index in [1.807, 2.05) is 11.6 Å². The summed E-state index contributed by atoms with van der Waals surface area (Å²) in [7, 11) is 0. The van der Waals surface area contributed by atoms with E-state index in [-0.39, 0.29) is 6.10 Å². The van der Waals surface area contributed by atoms with Gasteiger partial charge in [-0.3, -0.25) is 4.68 Å². The summed E-state index contributed by atoms with van der Waals surface area (Å²) in [6.07, 6.45) is 6.46. The van der Waals surface area contributed by atoms with Crippen LogP contribution in [0.2, 0.25) is 5.02 Å². The first kappa shape index (κ1) is 15.8. The van der Waals surface area contributed by atoms with E-state index in [2.05, 4.69) is 18.9 Å². The molecule has 0 aliphatic heterocycles. The van der Waals surface area contributed by atoms with Gasteiger partial charge in [0.2, 0.25) is 0 Å². The van der Waals surface area contributed by atoms with Crippen LogP contribution in [0.15, 0.2) is 0 Å². The molecule has 1 aliphatic rings. The zero-order chi connectivity index (χ0) is 14.7. The first-order valence-electron chi connectivity index (χ1n) is 7.96. The quantitative estimate of drug-likeness (QED) is 0.893. The fourth-order valence-electron chi connectivity index (χ4n) is 3.48. The first-order chi connectivity index (χ1) is 9.56. The smallest absolute Gasteiger partial charge is 0.0848 e. The van der Waals surface area contributed by atoms with Gasteiger partial charge in [-0.05, 0) is 38.5 Å². The van der Waals surface area contributed by atoms with Crippen LogP contribution < -0.4 is 0 Å². The molecule has 0 saturated heterocycles. The van der Waals surface area contributed by atoms with Crippen LogP contribution >= 0.6 is 11.6 Å². The van der Waals surface area contributed by atoms with Gasteiger partial charge >= 0.3 is 0 Å². The highest BCUT2D eigenvalue weighted by atomic mass is 35.5. The molecule has 114 valence electrons. The van der Waals surface area contributed by atoms with Gasteiger partial charge in [-0.25, -0.2) is 0 Å². The number of aryl methyl sites for hydroxylation is 2. The number of hydrogen-bond acceptors (Lipinski definition) is 2. The number of aliphatic hydroxyl groups is 1. The van der Waals surface area contributed by atoms with Crippen molar-refractivity contribution < 1.29 is 5.11 Å². The molecule has 20 heavy (non-hydrogen) atoms. The molecule has 3 atom stereocenters. The number of hydrogen-bond donors (Lipinski definition) is 1. The standard InChI is InChI=1S/C16H27ClN2O/c1-4-12-7-6-8-13(9-12)15(20)10-14-16(17)11(3)18-19(14)5-2/h12-13,15,20H,4-10H2,1-3H3. The van der Waals surface area contributed by atoms with E-state index in [0.29, 0.717) is 12.3 Å². The Bertz CT molecular complexity index is 444. The van der Waals surface area contributed by atoms with Crippen LogP contribution in [0.3, 0.4) is 0 Å². The van der Waals surface area contributed by atoms with Crippen molar-refractivity contribution in [3.63, 3.8) is 0 Å². The topological polar surface area (TPSA) is 38.1 Å². The third-order valence-electron chi connectivity index (χ3n) is 4.80. The normalized spacial score (nSPS) is 24.9. The van der Waals surface area contributed by atoms with Gasteiger partial charge in [0, 0.05) is 13.0 Å². The summed E-state index contributed by atoms with van der Waals surface area (Å²) in [6, 6.07) is 0. The highest BCUT2D eigenvalue weighted by Crippen LogP contribution is 2.34. The van der Waals surface area contributed by atoms with E-state index in [0.717, 1.165) is 41.7 Å². The molecular weight excluding hydrogens is 272 g/mol. The summed E-state index contributed by atoms with van der Waals surface area (Å²) in [6.45, 7) is 7.05. The Morgan fingerprint density at radius 2 is 2.15 bits per heavy atom.